The second-order valence-corrected chi connectivity index (χ2v) is 5.91. The Bertz CT molecular complexity index is 234. The Morgan fingerprint density at radius 1 is 1.35 bits per heavy atom. The van der Waals surface area contributed by atoms with Crippen LogP contribution in [-0.4, -0.2) is 43.2 Å². The van der Waals surface area contributed by atoms with Gasteiger partial charge >= 0.3 is 0 Å². The maximum atomic E-state index is 11.9. The lowest BCUT2D eigenvalue weighted by Gasteiger charge is -2.28. The molecule has 0 aromatic rings. The first-order valence-corrected chi connectivity index (χ1v) is 6.25. The van der Waals surface area contributed by atoms with Crippen LogP contribution in [0.25, 0.3) is 0 Å². The van der Waals surface area contributed by atoms with Crippen molar-refractivity contribution in [1.82, 2.24) is 4.90 Å². The summed E-state index contributed by atoms with van der Waals surface area (Å²) in [5.41, 5.74) is 5.95. The van der Waals surface area contributed by atoms with Gasteiger partial charge in [-0.2, -0.15) is 0 Å². The number of nitrogens with two attached hydrogens (primary N) is 1. The highest BCUT2D eigenvalue weighted by molar-refractivity contribution is 5.76. The van der Waals surface area contributed by atoms with Gasteiger partial charge in [-0.25, -0.2) is 0 Å². The molecule has 1 amide bonds. The van der Waals surface area contributed by atoms with E-state index in [4.69, 9.17) is 10.5 Å². The van der Waals surface area contributed by atoms with Gasteiger partial charge in [0.15, 0.2) is 0 Å². The van der Waals surface area contributed by atoms with E-state index in [0.29, 0.717) is 19.6 Å². The van der Waals surface area contributed by atoms with Gasteiger partial charge in [0.2, 0.25) is 5.91 Å². The smallest absolute Gasteiger partial charge is 0.223 e. The van der Waals surface area contributed by atoms with Crippen LogP contribution in [0.15, 0.2) is 0 Å². The number of likely N-dealkylation sites (N-methyl/N-ethyl adjacent to an activating group) is 1. The Balaban J connectivity index is 3.98. The zero-order chi connectivity index (χ0) is 13.6. The topological polar surface area (TPSA) is 55.6 Å². The van der Waals surface area contributed by atoms with Crippen molar-refractivity contribution in [3.8, 4) is 0 Å². The van der Waals surface area contributed by atoms with Crippen molar-refractivity contribution in [3.05, 3.63) is 0 Å². The number of rotatable bonds is 6. The molecule has 4 nitrogen and oxygen atoms in total. The van der Waals surface area contributed by atoms with Crippen molar-refractivity contribution >= 4 is 5.91 Å². The van der Waals surface area contributed by atoms with Gasteiger partial charge < -0.3 is 15.4 Å². The van der Waals surface area contributed by atoms with E-state index < -0.39 is 0 Å². The van der Waals surface area contributed by atoms with E-state index in [9.17, 15) is 4.79 Å². The summed E-state index contributed by atoms with van der Waals surface area (Å²) in [5.74, 6) is 0.0831. The van der Waals surface area contributed by atoms with Gasteiger partial charge in [0.25, 0.3) is 0 Å². The Morgan fingerprint density at radius 2 is 1.88 bits per heavy atom. The van der Waals surface area contributed by atoms with Crippen molar-refractivity contribution in [2.75, 3.05) is 20.2 Å². The van der Waals surface area contributed by atoms with Crippen molar-refractivity contribution in [2.45, 2.75) is 53.2 Å². The molecule has 0 aliphatic rings. The van der Waals surface area contributed by atoms with Gasteiger partial charge in [-0.3, -0.25) is 4.79 Å². The molecule has 2 N–H and O–H groups in total. The first kappa shape index (κ1) is 16.4. The lowest BCUT2D eigenvalue weighted by Crippen LogP contribution is -2.41. The van der Waals surface area contributed by atoms with Gasteiger partial charge in [0, 0.05) is 26.1 Å². The molecule has 0 aromatic carbocycles. The van der Waals surface area contributed by atoms with Crippen LogP contribution in [0.5, 0.6) is 0 Å². The third-order valence-corrected chi connectivity index (χ3v) is 2.81. The molecule has 0 bridgehead atoms. The zero-order valence-electron chi connectivity index (χ0n) is 12.1. The second-order valence-electron chi connectivity index (χ2n) is 5.91. The summed E-state index contributed by atoms with van der Waals surface area (Å²) in [6, 6.07) is -0.108. The quantitative estimate of drug-likeness (QED) is 0.772. The molecule has 0 saturated carbocycles. The average molecular weight is 244 g/mol. The number of hydrogen-bond acceptors (Lipinski definition) is 3. The standard InChI is InChI=1S/C13H28N2O2/c1-10(2)17-8-7-15(6)12(16)9-11(14)13(3,4)5/h10-11H,7-9,14H2,1-6H3. The molecule has 1 unspecified atom stereocenters. The molecule has 0 aliphatic heterocycles. The number of hydrogen-bond donors (Lipinski definition) is 1. The summed E-state index contributed by atoms with van der Waals surface area (Å²) in [6.45, 7) is 11.3. The minimum atomic E-state index is -0.108. The molecule has 0 radical (unpaired) electrons. The highest BCUT2D eigenvalue weighted by atomic mass is 16.5. The molecular weight excluding hydrogens is 216 g/mol. The van der Waals surface area contributed by atoms with Gasteiger partial charge in [-0.05, 0) is 19.3 Å². The fraction of sp³-hybridized carbons (Fsp3) is 0.923. The first-order valence-electron chi connectivity index (χ1n) is 6.25. The molecule has 0 aliphatic carbocycles. The van der Waals surface area contributed by atoms with E-state index in [1.807, 2.05) is 34.6 Å². The van der Waals surface area contributed by atoms with Gasteiger partial charge in [0.1, 0.15) is 0 Å². The average Bonchev–Trinajstić information content (AvgIpc) is 2.15. The van der Waals surface area contributed by atoms with E-state index in [1.165, 1.54) is 0 Å². The lowest BCUT2D eigenvalue weighted by molar-refractivity contribution is -0.131. The summed E-state index contributed by atoms with van der Waals surface area (Å²) in [5, 5.41) is 0. The maximum Gasteiger partial charge on any atom is 0.223 e. The fourth-order valence-electron chi connectivity index (χ4n) is 1.20. The molecule has 17 heavy (non-hydrogen) atoms. The summed E-state index contributed by atoms with van der Waals surface area (Å²) in [7, 11) is 1.79. The van der Waals surface area contributed by atoms with Gasteiger partial charge in [-0.15, -0.1) is 0 Å². The first-order chi connectivity index (χ1) is 7.64. The normalized spacial score (nSPS) is 13.9. The number of carbonyl (C=O) groups is 1. The van der Waals surface area contributed by atoms with Crippen LogP contribution in [0, 0.1) is 5.41 Å². The predicted octanol–water partition coefficient (Wildman–Crippen LogP) is 1.63. The lowest BCUT2D eigenvalue weighted by atomic mass is 9.85. The zero-order valence-corrected chi connectivity index (χ0v) is 12.1. The number of amides is 1. The molecule has 4 heteroatoms. The maximum absolute atomic E-state index is 11.9. The minimum Gasteiger partial charge on any atom is -0.377 e. The molecule has 1 atom stereocenters. The minimum absolute atomic E-state index is 0.0368. The van der Waals surface area contributed by atoms with E-state index in [-0.39, 0.29) is 23.5 Å². The SMILES string of the molecule is CC(C)OCCN(C)C(=O)CC(N)C(C)(C)C. The monoisotopic (exact) mass is 244 g/mol. The van der Waals surface area contributed by atoms with Crippen LogP contribution in [0.1, 0.15) is 41.0 Å². The molecular formula is C13H28N2O2. The van der Waals surface area contributed by atoms with Crippen molar-refractivity contribution in [3.63, 3.8) is 0 Å². The molecule has 0 fully saturated rings. The summed E-state index contributed by atoms with van der Waals surface area (Å²) >= 11 is 0. The second kappa shape index (κ2) is 6.97. The largest absolute Gasteiger partial charge is 0.377 e. The van der Waals surface area contributed by atoms with Crippen molar-refractivity contribution in [1.29, 1.82) is 0 Å². The predicted molar refractivity (Wildman–Crippen MR) is 70.8 cm³/mol. The van der Waals surface area contributed by atoms with Crippen LogP contribution < -0.4 is 5.73 Å². The molecule has 0 spiro atoms. The highest BCUT2D eigenvalue weighted by Gasteiger charge is 2.24. The van der Waals surface area contributed by atoms with Crippen LogP contribution in [0.4, 0.5) is 0 Å². The third kappa shape index (κ3) is 7.34. The van der Waals surface area contributed by atoms with Crippen LogP contribution in [0.2, 0.25) is 0 Å². The van der Waals surface area contributed by atoms with Crippen molar-refractivity contribution < 1.29 is 9.53 Å². The molecule has 0 saturated heterocycles. The van der Waals surface area contributed by atoms with Crippen LogP contribution in [-0.2, 0) is 9.53 Å². The number of carbonyl (C=O) groups excluding carboxylic acids is 1. The van der Waals surface area contributed by atoms with Crippen molar-refractivity contribution in [2.24, 2.45) is 11.1 Å². The van der Waals surface area contributed by atoms with E-state index in [1.54, 1.807) is 11.9 Å². The van der Waals surface area contributed by atoms with Gasteiger partial charge in [0.05, 0.1) is 12.7 Å². The van der Waals surface area contributed by atoms with E-state index in [2.05, 4.69) is 0 Å². The Labute approximate surface area is 105 Å². The van der Waals surface area contributed by atoms with E-state index in [0.717, 1.165) is 0 Å². The summed E-state index contributed by atoms with van der Waals surface area (Å²) in [4.78, 5) is 13.6. The van der Waals surface area contributed by atoms with Crippen LogP contribution >= 0.6 is 0 Å². The summed E-state index contributed by atoms with van der Waals surface area (Å²) in [6.07, 6.45) is 0.595. The number of ether oxygens (including phenoxy) is 1. The Morgan fingerprint density at radius 3 is 2.29 bits per heavy atom. The fourth-order valence-corrected chi connectivity index (χ4v) is 1.20. The van der Waals surface area contributed by atoms with Gasteiger partial charge in [-0.1, -0.05) is 20.8 Å². The molecule has 0 rings (SSSR count). The Hall–Kier alpha value is -0.610. The Kier molecular flexibility index (Phi) is 6.72. The molecule has 102 valence electrons. The van der Waals surface area contributed by atoms with E-state index >= 15 is 0 Å². The highest BCUT2D eigenvalue weighted by Crippen LogP contribution is 2.20. The third-order valence-electron chi connectivity index (χ3n) is 2.81. The number of nitrogens with zero attached hydrogens (tertiary/aromatic N) is 1. The molecule has 0 heterocycles. The van der Waals surface area contributed by atoms with Crippen LogP contribution in [0.3, 0.4) is 0 Å². The molecule has 0 aromatic heterocycles. The summed E-state index contributed by atoms with van der Waals surface area (Å²) < 4.78 is 5.41.